The Hall–Kier alpha value is -0.560. The Labute approximate surface area is 112 Å². The van der Waals surface area contributed by atoms with E-state index in [1.807, 2.05) is 6.07 Å². The molecule has 0 saturated heterocycles. The minimum Gasteiger partial charge on any atom is -0.314 e. The molecule has 1 saturated carbocycles. The molecule has 2 rings (SSSR count). The molecule has 0 aliphatic heterocycles. The van der Waals surface area contributed by atoms with Gasteiger partial charge in [0.05, 0.1) is 15.8 Å². The number of nitriles is 1. The highest BCUT2D eigenvalue weighted by molar-refractivity contribution is 7.16. The first-order valence-electron chi connectivity index (χ1n) is 5.85. The van der Waals surface area contributed by atoms with Crippen molar-refractivity contribution in [3.05, 3.63) is 21.3 Å². The molecule has 0 atom stereocenters. The molecule has 1 heterocycles. The van der Waals surface area contributed by atoms with Crippen LogP contribution in [0.1, 0.15) is 31.6 Å². The van der Waals surface area contributed by atoms with Crippen molar-refractivity contribution in [2.75, 3.05) is 13.1 Å². The lowest BCUT2D eigenvalue weighted by atomic mass is 9.91. The second kappa shape index (κ2) is 4.61. The molecule has 17 heavy (non-hydrogen) atoms. The van der Waals surface area contributed by atoms with E-state index in [-0.39, 0.29) is 10.8 Å². The van der Waals surface area contributed by atoms with Crippen LogP contribution in [0.3, 0.4) is 0 Å². The number of halogens is 1. The zero-order valence-electron chi connectivity index (χ0n) is 10.2. The smallest absolute Gasteiger partial charge is 0.0931 e. The van der Waals surface area contributed by atoms with E-state index in [1.165, 1.54) is 4.88 Å². The van der Waals surface area contributed by atoms with Crippen LogP contribution in [-0.2, 0) is 5.41 Å². The van der Waals surface area contributed by atoms with Crippen LogP contribution in [0.4, 0.5) is 0 Å². The van der Waals surface area contributed by atoms with E-state index < -0.39 is 0 Å². The summed E-state index contributed by atoms with van der Waals surface area (Å²) in [4.78, 5) is 1.29. The van der Waals surface area contributed by atoms with Crippen molar-refractivity contribution in [1.82, 2.24) is 5.32 Å². The lowest BCUT2D eigenvalue weighted by Crippen LogP contribution is -2.35. The molecule has 1 aliphatic rings. The van der Waals surface area contributed by atoms with E-state index in [9.17, 15) is 0 Å². The fraction of sp³-hybridized carbons (Fsp3) is 0.615. The molecule has 2 nitrogen and oxygen atoms in total. The summed E-state index contributed by atoms with van der Waals surface area (Å²) in [5, 5.41) is 12.4. The van der Waals surface area contributed by atoms with Gasteiger partial charge in [0, 0.05) is 23.4 Å². The van der Waals surface area contributed by atoms with Crippen LogP contribution in [0.2, 0.25) is 4.34 Å². The third-order valence-corrected chi connectivity index (χ3v) is 4.96. The van der Waals surface area contributed by atoms with Gasteiger partial charge in [0.15, 0.2) is 0 Å². The average Bonchev–Trinajstić information content (AvgIpc) is 2.92. The second-order valence-electron chi connectivity index (χ2n) is 5.48. The predicted molar refractivity (Wildman–Crippen MR) is 72.5 cm³/mol. The van der Waals surface area contributed by atoms with Gasteiger partial charge in [-0.15, -0.1) is 11.3 Å². The highest BCUT2D eigenvalue weighted by Crippen LogP contribution is 2.44. The predicted octanol–water partition coefficient (Wildman–Crippen LogP) is 3.57. The molecule has 0 bridgehead atoms. The Bertz CT molecular complexity index is 441. The van der Waals surface area contributed by atoms with Gasteiger partial charge in [-0.2, -0.15) is 5.26 Å². The number of hydrogen-bond acceptors (Lipinski definition) is 3. The Morgan fingerprint density at radius 3 is 2.71 bits per heavy atom. The van der Waals surface area contributed by atoms with Gasteiger partial charge in [-0.1, -0.05) is 25.4 Å². The summed E-state index contributed by atoms with van der Waals surface area (Å²) >= 11 is 7.59. The van der Waals surface area contributed by atoms with Crippen molar-refractivity contribution in [3.63, 3.8) is 0 Å². The molecule has 0 radical (unpaired) electrons. The van der Waals surface area contributed by atoms with Gasteiger partial charge >= 0.3 is 0 Å². The molecule has 1 N–H and O–H groups in total. The third kappa shape index (κ3) is 3.01. The normalized spacial score (nSPS) is 17.8. The van der Waals surface area contributed by atoms with Crippen molar-refractivity contribution >= 4 is 22.9 Å². The summed E-state index contributed by atoms with van der Waals surface area (Å²) in [6.45, 7) is 6.10. The molecule has 0 spiro atoms. The Morgan fingerprint density at radius 1 is 1.53 bits per heavy atom. The van der Waals surface area contributed by atoms with Crippen LogP contribution in [-0.4, -0.2) is 13.1 Å². The van der Waals surface area contributed by atoms with Crippen molar-refractivity contribution < 1.29 is 0 Å². The van der Waals surface area contributed by atoms with Crippen LogP contribution in [0.25, 0.3) is 0 Å². The molecule has 1 aliphatic carbocycles. The minimum atomic E-state index is -0.0663. The van der Waals surface area contributed by atoms with Crippen LogP contribution < -0.4 is 5.32 Å². The maximum absolute atomic E-state index is 9.00. The number of hydrogen-bond donors (Lipinski definition) is 1. The molecule has 1 aromatic heterocycles. The highest BCUT2D eigenvalue weighted by atomic mass is 35.5. The van der Waals surface area contributed by atoms with E-state index in [4.69, 9.17) is 16.9 Å². The zero-order valence-corrected chi connectivity index (χ0v) is 11.8. The molecule has 0 unspecified atom stereocenters. The topological polar surface area (TPSA) is 35.8 Å². The molecule has 0 amide bonds. The summed E-state index contributed by atoms with van der Waals surface area (Å²) < 4.78 is 0.837. The molecule has 4 heteroatoms. The summed E-state index contributed by atoms with van der Waals surface area (Å²) in [5.41, 5.74) is 0.00647. The minimum absolute atomic E-state index is 0.0663. The van der Waals surface area contributed by atoms with Crippen LogP contribution >= 0.6 is 22.9 Å². The van der Waals surface area contributed by atoms with Gasteiger partial charge in [0.2, 0.25) is 0 Å². The Kier molecular flexibility index (Phi) is 3.49. The quantitative estimate of drug-likeness (QED) is 0.886. The van der Waals surface area contributed by atoms with Gasteiger partial charge in [-0.05, 0) is 25.0 Å². The van der Waals surface area contributed by atoms with Gasteiger partial charge in [0.25, 0.3) is 0 Å². The summed E-state index contributed by atoms with van der Waals surface area (Å²) in [6, 6.07) is 6.44. The Balaban J connectivity index is 1.88. The average molecular weight is 269 g/mol. The molecule has 1 aromatic rings. The van der Waals surface area contributed by atoms with E-state index in [0.717, 1.165) is 30.3 Å². The highest BCUT2D eigenvalue weighted by Gasteiger charge is 2.42. The van der Waals surface area contributed by atoms with Crippen molar-refractivity contribution in [2.45, 2.75) is 32.1 Å². The van der Waals surface area contributed by atoms with Crippen LogP contribution in [0, 0.1) is 16.7 Å². The van der Waals surface area contributed by atoms with Crippen LogP contribution in [0.15, 0.2) is 12.1 Å². The standard InChI is InChI=1S/C13H17ClN2S/c1-12(2,10-3-4-11(14)17-10)8-16-9-13(7-15)5-6-13/h3-4,16H,5-6,8-9H2,1-2H3. The summed E-state index contributed by atoms with van der Waals surface area (Å²) in [5.74, 6) is 0. The van der Waals surface area contributed by atoms with Gasteiger partial charge in [0.1, 0.15) is 0 Å². The third-order valence-electron chi connectivity index (χ3n) is 3.36. The Morgan fingerprint density at radius 2 is 2.24 bits per heavy atom. The zero-order chi connectivity index (χ0) is 12.5. The molecular weight excluding hydrogens is 252 g/mol. The largest absolute Gasteiger partial charge is 0.314 e. The lowest BCUT2D eigenvalue weighted by Gasteiger charge is -2.24. The first kappa shape index (κ1) is 12.9. The number of rotatable bonds is 5. The fourth-order valence-electron chi connectivity index (χ4n) is 1.86. The van der Waals surface area contributed by atoms with Gasteiger partial charge < -0.3 is 5.32 Å². The maximum Gasteiger partial charge on any atom is 0.0931 e. The van der Waals surface area contributed by atoms with Crippen molar-refractivity contribution in [3.8, 4) is 6.07 Å². The summed E-state index contributed by atoms with van der Waals surface area (Å²) in [7, 11) is 0. The van der Waals surface area contributed by atoms with E-state index >= 15 is 0 Å². The fourth-order valence-corrected chi connectivity index (χ4v) is 3.00. The van der Waals surface area contributed by atoms with Crippen molar-refractivity contribution in [2.24, 2.45) is 5.41 Å². The first-order valence-corrected chi connectivity index (χ1v) is 7.05. The van der Waals surface area contributed by atoms with E-state index in [2.05, 4.69) is 31.3 Å². The lowest BCUT2D eigenvalue weighted by molar-refractivity contribution is 0.449. The van der Waals surface area contributed by atoms with Gasteiger partial charge in [-0.3, -0.25) is 0 Å². The summed E-state index contributed by atoms with van der Waals surface area (Å²) in [6.07, 6.45) is 2.09. The number of thiophene rings is 1. The van der Waals surface area contributed by atoms with E-state index in [0.29, 0.717) is 0 Å². The van der Waals surface area contributed by atoms with Gasteiger partial charge in [-0.25, -0.2) is 0 Å². The molecule has 92 valence electrons. The molecular formula is C13H17ClN2S. The van der Waals surface area contributed by atoms with E-state index in [1.54, 1.807) is 11.3 Å². The second-order valence-corrected chi connectivity index (χ2v) is 7.20. The van der Waals surface area contributed by atoms with Crippen LogP contribution in [0.5, 0.6) is 0 Å². The monoisotopic (exact) mass is 268 g/mol. The number of nitrogens with one attached hydrogen (secondary N) is 1. The molecule has 0 aromatic carbocycles. The first-order chi connectivity index (χ1) is 7.97. The SMILES string of the molecule is CC(C)(CNCC1(C#N)CC1)c1ccc(Cl)s1. The number of nitrogens with zero attached hydrogens (tertiary/aromatic N) is 1. The molecule has 1 fully saturated rings. The maximum atomic E-state index is 9.00. The van der Waals surface area contributed by atoms with Crippen molar-refractivity contribution in [1.29, 1.82) is 5.26 Å².